The van der Waals surface area contributed by atoms with Crippen LogP contribution in [0.5, 0.6) is 0 Å². The molecule has 0 saturated heterocycles. The Morgan fingerprint density at radius 2 is 1.88 bits per heavy atom. The average Bonchev–Trinajstić information content (AvgIpc) is 2.26. The molecule has 2 rings (SSSR count). The summed E-state index contributed by atoms with van der Waals surface area (Å²) in [6.07, 6.45) is 8.46. The third-order valence-electron chi connectivity index (χ3n) is 2.46. The third kappa shape index (κ3) is 3.01. The lowest BCUT2D eigenvalue weighted by atomic mass is 10.1. The van der Waals surface area contributed by atoms with Crippen LogP contribution in [0.15, 0.2) is 30.5 Å². The fourth-order valence-electron chi connectivity index (χ4n) is 1.57. The van der Waals surface area contributed by atoms with Gasteiger partial charge in [0.2, 0.25) is 0 Å². The Labute approximate surface area is 105 Å². The molecule has 0 bridgehead atoms. The Bertz CT molecular complexity index is 612. The molecule has 0 fully saturated rings. The van der Waals surface area contributed by atoms with Gasteiger partial charge in [-0.1, -0.05) is 5.92 Å². The molecule has 0 spiro atoms. The van der Waals surface area contributed by atoms with Crippen LogP contribution < -0.4 is 0 Å². The first-order valence-electron chi connectivity index (χ1n) is 5.52. The molecule has 2 heteroatoms. The van der Waals surface area contributed by atoms with Gasteiger partial charge < -0.3 is 0 Å². The second-order valence-electron chi connectivity index (χ2n) is 4.92. The standard InChI is InChI=1S/C15H17NS/c1-12-7-9-16-15-6-5-13(11-14(12)15)8-10-17(2,3)4/h5-7,9,11H,1-4H3. The lowest BCUT2D eigenvalue weighted by Gasteiger charge is -2.14. The smallest absolute Gasteiger partial charge is 0.0705 e. The summed E-state index contributed by atoms with van der Waals surface area (Å²) in [5.74, 6) is 3.26. The van der Waals surface area contributed by atoms with Crippen molar-refractivity contribution in [1.82, 2.24) is 4.98 Å². The second kappa shape index (κ2) is 4.43. The highest BCUT2D eigenvalue weighted by atomic mass is 32.3. The summed E-state index contributed by atoms with van der Waals surface area (Å²) < 4.78 is 0. The van der Waals surface area contributed by atoms with Crippen molar-refractivity contribution in [3.05, 3.63) is 41.6 Å². The predicted molar refractivity (Wildman–Crippen MR) is 78.7 cm³/mol. The van der Waals surface area contributed by atoms with Crippen molar-refractivity contribution >= 4 is 20.9 Å². The van der Waals surface area contributed by atoms with Gasteiger partial charge in [-0.3, -0.25) is 4.98 Å². The molecule has 0 radical (unpaired) electrons. The molecule has 1 nitrogen and oxygen atoms in total. The van der Waals surface area contributed by atoms with E-state index in [1.807, 2.05) is 24.4 Å². The van der Waals surface area contributed by atoms with Gasteiger partial charge in [-0.2, -0.15) is 10.0 Å². The Balaban J connectivity index is 2.51. The van der Waals surface area contributed by atoms with Crippen molar-refractivity contribution in [2.45, 2.75) is 6.92 Å². The van der Waals surface area contributed by atoms with Gasteiger partial charge in [0.1, 0.15) is 0 Å². The maximum Gasteiger partial charge on any atom is 0.0705 e. The Morgan fingerprint density at radius 3 is 2.59 bits per heavy atom. The van der Waals surface area contributed by atoms with Crippen LogP contribution in [0.1, 0.15) is 11.1 Å². The molecule has 0 aliphatic rings. The zero-order valence-corrected chi connectivity index (χ0v) is 11.6. The van der Waals surface area contributed by atoms with Crippen molar-refractivity contribution in [2.75, 3.05) is 18.8 Å². The van der Waals surface area contributed by atoms with E-state index in [-0.39, 0.29) is 0 Å². The molecule has 17 heavy (non-hydrogen) atoms. The first-order valence-corrected chi connectivity index (χ1v) is 8.38. The van der Waals surface area contributed by atoms with Gasteiger partial charge in [0.15, 0.2) is 0 Å². The quantitative estimate of drug-likeness (QED) is 0.645. The van der Waals surface area contributed by atoms with Crippen molar-refractivity contribution < 1.29 is 0 Å². The molecule has 1 aromatic heterocycles. The molecule has 0 aliphatic heterocycles. The maximum atomic E-state index is 4.35. The Hall–Kier alpha value is -1.46. The summed E-state index contributed by atoms with van der Waals surface area (Å²) in [6.45, 7) is 2.11. The monoisotopic (exact) mass is 243 g/mol. The van der Waals surface area contributed by atoms with E-state index in [0.717, 1.165) is 11.1 Å². The van der Waals surface area contributed by atoms with E-state index >= 15 is 0 Å². The van der Waals surface area contributed by atoms with Crippen molar-refractivity contribution in [3.8, 4) is 11.2 Å². The molecule has 2 aromatic rings. The van der Waals surface area contributed by atoms with E-state index in [9.17, 15) is 0 Å². The number of nitrogens with zero attached hydrogens (tertiary/aromatic N) is 1. The van der Waals surface area contributed by atoms with Crippen LogP contribution in [0.4, 0.5) is 0 Å². The molecule has 0 aliphatic carbocycles. The van der Waals surface area contributed by atoms with Gasteiger partial charge in [-0.05, 0) is 60.8 Å². The highest BCUT2D eigenvalue weighted by Crippen LogP contribution is 2.32. The molecular formula is C15H17NS. The van der Waals surface area contributed by atoms with Crippen LogP contribution in [0.3, 0.4) is 0 Å². The maximum absolute atomic E-state index is 4.35. The van der Waals surface area contributed by atoms with E-state index in [0.29, 0.717) is 0 Å². The molecule has 88 valence electrons. The lowest BCUT2D eigenvalue weighted by molar-refractivity contribution is 1.37. The van der Waals surface area contributed by atoms with Crippen molar-refractivity contribution in [1.29, 1.82) is 0 Å². The zero-order valence-electron chi connectivity index (χ0n) is 10.7. The normalized spacial score (nSPS) is 12.0. The van der Waals surface area contributed by atoms with E-state index in [2.05, 4.69) is 47.9 Å². The first-order chi connectivity index (χ1) is 7.96. The molecule has 0 amide bonds. The molecule has 0 saturated carbocycles. The van der Waals surface area contributed by atoms with Crippen LogP contribution in [0, 0.1) is 18.1 Å². The van der Waals surface area contributed by atoms with E-state index in [1.165, 1.54) is 10.9 Å². The molecule has 0 N–H and O–H groups in total. The summed E-state index contributed by atoms with van der Waals surface area (Å²) in [7, 11) is -0.762. The number of benzene rings is 1. The van der Waals surface area contributed by atoms with Crippen LogP contribution in [0.25, 0.3) is 10.9 Å². The number of fused-ring (bicyclic) bond motifs is 1. The SMILES string of the molecule is Cc1ccnc2ccc(C#CS(C)(C)C)cc12. The van der Waals surface area contributed by atoms with Gasteiger partial charge >= 0.3 is 0 Å². The number of hydrogen-bond acceptors (Lipinski definition) is 1. The number of pyridine rings is 1. The average molecular weight is 243 g/mol. The molecule has 0 atom stereocenters. The summed E-state index contributed by atoms with van der Waals surface area (Å²) in [5, 5.41) is 4.53. The Kier molecular flexibility index (Phi) is 3.13. The first kappa shape index (κ1) is 12.0. The van der Waals surface area contributed by atoms with Crippen LogP contribution in [-0.4, -0.2) is 23.8 Å². The summed E-state index contributed by atoms with van der Waals surface area (Å²) in [6, 6.07) is 8.27. The molecule has 0 unspecified atom stereocenters. The minimum absolute atomic E-state index is 0.762. The largest absolute Gasteiger partial charge is 0.256 e. The Morgan fingerprint density at radius 1 is 1.12 bits per heavy atom. The number of hydrogen-bond donors (Lipinski definition) is 0. The zero-order chi connectivity index (χ0) is 12.5. The van der Waals surface area contributed by atoms with Gasteiger partial charge in [-0.25, -0.2) is 0 Å². The van der Waals surface area contributed by atoms with Crippen molar-refractivity contribution in [3.63, 3.8) is 0 Å². The van der Waals surface area contributed by atoms with E-state index in [4.69, 9.17) is 0 Å². The van der Waals surface area contributed by atoms with Gasteiger partial charge in [-0.15, -0.1) is 0 Å². The number of aryl methyl sites for hydroxylation is 1. The van der Waals surface area contributed by atoms with Gasteiger partial charge in [0.05, 0.1) is 5.52 Å². The van der Waals surface area contributed by atoms with Crippen LogP contribution >= 0.6 is 10.0 Å². The summed E-state index contributed by atoms with van der Waals surface area (Å²) in [4.78, 5) is 4.35. The predicted octanol–water partition coefficient (Wildman–Crippen LogP) is 3.55. The fraction of sp³-hybridized carbons (Fsp3) is 0.267. The fourth-order valence-corrected chi connectivity index (χ4v) is 2.00. The third-order valence-corrected chi connectivity index (χ3v) is 3.18. The molecule has 1 aromatic carbocycles. The highest BCUT2D eigenvalue weighted by Gasteiger charge is 2.00. The highest BCUT2D eigenvalue weighted by molar-refractivity contribution is 8.35. The van der Waals surface area contributed by atoms with Crippen LogP contribution in [0.2, 0.25) is 0 Å². The minimum atomic E-state index is -0.762. The number of aromatic nitrogens is 1. The van der Waals surface area contributed by atoms with Gasteiger partial charge in [0, 0.05) is 17.1 Å². The van der Waals surface area contributed by atoms with E-state index in [1.54, 1.807) is 0 Å². The molecular weight excluding hydrogens is 226 g/mol. The summed E-state index contributed by atoms with van der Waals surface area (Å²) in [5.41, 5.74) is 3.37. The van der Waals surface area contributed by atoms with Crippen molar-refractivity contribution in [2.24, 2.45) is 0 Å². The second-order valence-corrected chi connectivity index (χ2v) is 8.80. The minimum Gasteiger partial charge on any atom is -0.256 e. The topological polar surface area (TPSA) is 12.9 Å². The van der Waals surface area contributed by atoms with Crippen LogP contribution in [-0.2, 0) is 0 Å². The summed E-state index contributed by atoms with van der Waals surface area (Å²) >= 11 is 0. The number of rotatable bonds is 0. The van der Waals surface area contributed by atoms with Gasteiger partial charge in [0.25, 0.3) is 0 Å². The molecule has 1 heterocycles. The van der Waals surface area contributed by atoms with E-state index < -0.39 is 10.0 Å². The lowest BCUT2D eigenvalue weighted by Crippen LogP contribution is -1.87.